The first-order valence-electron chi connectivity index (χ1n) is 10.2. The van der Waals surface area contributed by atoms with Crippen molar-refractivity contribution in [1.82, 2.24) is 15.1 Å². The summed E-state index contributed by atoms with van der Waals surface area (Å²) in [6, 6.07) is 14.7. The molecule has 2 atom stereocenters. The van der Waals surface area contributed by atoms with Gasteiger partial charge < -0.3 is 15.0 Å². The lowest BCUT2D eigenvalue weighted by Gasteiger charge is -2.38. The maximum atomic E-state index is 13.0. The van der Waals surface area contributed by atoms with Crippen molar-refractivity contribution in [2.45, 2.75) is 30.8 Å². The Kier molecular flexibility index (Phi) is 5.88. The fraction of sp³-hybridized carbons (Fsp3) is 0.318. The first kappa shape index (κ1) is 21.2. The van der Waals surface area contributed by atoms with E-state index in [0.717, 1.165) is 24.5 Å². The van der Waals surface area contributed by atoms with E-state index in [4.69, 9.17) is 4.74 Å². The number of anilines is 2. The van der Waals surface area contributed by atoms with Crippen LogP contribution in [0.4, 0.5) is 11.4 Å². The van der Waals surface area contributed by atoms with E-state index in [-0.39, 0.29) is 4.90 Å². The van der Waals surface area contributed by atoms with E-state index < -0.39 is 10.0 Å². The molecule has 1 saturated heterocycles. The van der Waals surface area contributed by atoms with Gasteiger partial charge in [-0.25, -0.2) is 13.1 Å². The van der Waals surface area contributed by atoms with Crippen LogP contribution in [-0.4, -0.2) is 50.5 Å². The summed E-state index contributed by atoms with van der Waals surface area (Å²) in [6.07, 6.45) is 3.47. The van der Waals surface area contributed by atoms with Gasteiger partial charge in [0, 0.05) is 43.3 Å². The molecular formula is C22H27N5O3S. The van der Waals surface area contributed by atoms with Gasteiger partial charge in [0.25, 0.3) is 10.0 Å². The maximum Gasteiger partial charge on any atom is 0.262 e. The minimum Gasteiger partial charge on any atom is -0.495 e. The molecule has 0 unspecified atom stereocenters. The van der Waals surface area contributed by atoms with E-state index in [0.29, 0.717) is 23.5 Å². The summed E-state index contributed by atoms with van der Waals surface area (Å²) in [6.45, 7) is 5.97. The normalized spacial score (nSPS) is 19.3. The summed E-state index contributed by atoms with van der Waals surface area (Å²) in [4.78, 5) is 2.42. The number of sulfonamides is 1. The quantitative estimate of drug-likeness (QED) is 0.612. The molecule has 1 aliphatic heterocycles. The van der Waals surface area contributed by atoms with E-state index in [9.17, 15) is 8.42 Å². The van der Waals surface area contributed by atoms with Crippen molar-refractivity contribution in [2.75, 3.05) is 29.8 Å². The highest BCUT2D eigenvalue weighted by Crippen LogP contribution is 2.32. The number of methoxy groups -OCH3 is 1. The molecule has 0 radical (unpaired) electrons. The van der Waals surface area contributed by atoms with E-state index in [1.807, 2.05) is 18.2 Å². The van der Waals surface area contributed by atoms with Gasteiger partial charge in [0.2, 0.25) is 0 Å². The monoisotopic (exact) mass is 441 g/mol. The zero-order valence-electron chi connectivity index (χ0n) is 17.8. The molecule has 8 nitrogen and oxygen atoms in total. The molecule has 0 spiro atoms. The molecule has 3 aromatic rings. The van der Waals surface area contributed by atoms with E-state index in [1.165, 1.54) is 7.11 Å². The van der Waals surface area contributed by atoms with Gasteiger partial charge in [-0.1, -0.05) is 0 Å². The van der Waals surface area contributed by atoms with Crippen molar-refractivity contribution in [2.24, 2.45) is 0 Å². The molecule has 2 N–H and O–H groups in total. The minimum atomic E-state index is -3.79. The highest BCUT2D eigenvalue weighted by molar-refractivity contribution is 7.92. The third-order valence-electron chi connectivity index (χ3n) is 5.27. The first-order chi connectivity index (χ1) is 14.9. The highest BCUT2D eigenvalue weighted by Gasteiger charge is 2.23. The molecular weight excluding hydrogens is 414 g/mol. The van der Waals surface area contributed by atoms with Gasteiger partial charge in [-0.15, -0.1) is 0 Å². The summed E-state index contributed by atoms with van der Waals surface area (Å²) >= 11 is 0. The largest absolute Gasteiger partial charge is 0.495 e. The van der Waals surface area contributed by atoms with Crippen LogP contribution in [0.5, 0.6) is 5.75 Å². The Morgan fingerprint density at radius 1 is 1.06 bits per heavy atom. The van der Waals surface area contributed by atoms with Crippen LogP contribution < -0.4 is 19.7 Å². The van der Waals surface area contributed by atoms with Crippen LogP contribution in [0.1, 0.15) is 13.8 Å². The predicted octanol–water partition coefficient (Wildman–Crippen LogP) is 2.87. The molecule has 2 heterocycles. The van der Waals surface area contributed by atoms with Gasteiger partial charge in [-0.05, 0) is 62.4 Å². The average molecular weight is 442 g/mol. The van der Waals surface area contributed by atoms with Crippen molar-refractivity contribution < 1.29 is 13.2 Å². The van der Waals surface area contributed by atoms with Crippen LogP contribution in [0, 0.1) is 0 Å². The lowest BCUT2D eigenvalue weighted by atomic mass is 10.1. The molecule has 4 rings (SSSR count). The SMILES string of the molecule is COc1ccc(N2C[C@@H](C)N[C@@H](C)C2)cc1NS(=O)(=O)c1ccc(-n2cccn2)cc1. The summed E-state index contributed by atoms with van der Waals surface area (Å²) in [5.74, 6) is 0.469. The van der Waals surface area contributed by atoms with E-state index in [1.54, 1.807) is 47.4 Å². The second-order valence-electron chi connectivity index (χ2n) is 7.81. The number of aromatic nitrogens is 2. The second-order valence-corrected chi connectivity index (χ2v) is 9.49. The molecule has 0 saturated carbocycles. The Bertz CT molecular complexity index is 1120. The standard InChI is InChI=1S/C22H27N5O3S/c1-16-14-26(15-17(2)24-16)19-7-10-22(30-3)21(13-19)25-31(28,29)20-8-5-18(6-9-20)27-12-4-11-23-27/h4-13,16-17,24-25H,14-15H2,1-3H3/t16-,17+. The van der Waals surface area contributed by atoms with Crippen LogP contribution >= 0.6 is 0 Å². The number of rotatable bonds is 6. The van der Waals surface area contributed by atoms with Crippen LogP contribution in [-0.2, 0) is 10.0 Å². The second kappa shape index (κ2) is 8.60. The third kappa shape index (κ3) is 4.67. The van der Waals surface area contributed by atoms with Crippen molar-refractivity contribution in [3.05, 3.63) is 60.9 Å². The molecule has 31 heavy (non-hydrogen) atoms. The molecule has 1 aromatic heterocycles. The van der Waals surface area contributed by atoms with Gasteiger partial charge in [-0.2, -0.15) is 5.10 Å². The fourth-order valence-electron chi connectivity index (χ4n) is 3.91. The summed E-state index contributed by atoms with van der Waals surface area (Å²) in [7, 11) is -2.26. The van der Waals surface area contributed by atoms with Crippen molar-refractivity contribution in [1.29, 1.82) is 0 Å². The maximum absolute atomic E-state index is 13.0. The third-order valence-corrected chi connectivity index (χ3v) is 6.65. The molecule has 0 bridgehead atoms. The molecule has 2 aromatic carbocycles. The van der Waals surface area contributed by atoms with Gasteiger partial charge in [0.1, 0.15) is 5.75 Å². The lowest BCUT2D eigenvalue weighted by Crippen LogP contribution is -2.54. The number of hydrogen-bond donors (Lipinski definition) is 2. The first-order valence-corrected chi connectivity index (χ1v) is 11.7. The predicted molar refractivity (Wildman–Crippen MR) is 122 cm³/mol. The van der Waals surface area contributed by atoms with Crippen molar-refractivity contribution >= 4 is 21.4 Å². The summed E-state index contributed by atoms with van der Waals surface area (Å²) in [5, 5.41) is 7.67. The van der Waals surface area contributed by atoms with Crippen LogP contribution in [0.2, 0.25) is 0 Å². The number of piperazine rings is 1. The summed E-state index contributed by atoms with van der Waals surface area (Å²) in [5.41, 5.74) is 2.15. The zero-order chi connectivity index (χ0) is 22.0. The molecule has 0 aliphatic carbocycles. The number of nitrogens with zero attached hydrogens (tertiary/aromatic N) is 3. The van der Waals surface area contributed by atoms with Crippen molar-refractivity contribution in [3.8, 4) is 11.4 Å². The Morgan fingerprint density at radius 3 is 2.35 bits per heavy atom. The molecule has 1 aliphatic rings. The highest BCUT2D eigenvalue weighted by atomic mass is 32.2. The van der Waals surface area contributed by atoms with Gasteiger partial charge in [-0.3, -0.25) is 4.72 Å². The number of hydrogen-bond acceptors (Lipinski definition) is 6. The van der Waals surface area contributed by atoms with Crippen LogP contribution in [0.25, 0.3) is 5.69 Å². The van der Waals surface area contributed by atoms with Gasteiger partial charge in [0.15, 0.2) is 0 Å². The topological polar surface area (TPSA) is 88.5 Å². The van der Waals surface area contributed by atoms with Crippen LogP contribution in [0.3, 0.4) is 0 Å². The Balaban J connectivity index is 1.59. The fourth-order valence-corrected chi connectivity index (χ4v) is 4.97. The Labute approximate surface area is 182 Å². The van der Waals surface area contributed by atoms with E-state index in [2.05, 4.69) is 33.9 Å². The number of nitrogens with one attached hydrogen (secondary N) is 2. The lowest BCUT2D eigenvalue weighted by molar-refractivity contribution is 0.406. The zero-order valence-corrected chi connectivity index (χ0v) is 18.6. The van der Waals surface area contributed by atoms with Crippen LogP contribution in [0.15, 0.2) is 65.8 Å². The van der Waals surface area contributed by atoms with Crippen molar-refractivity contribution in [3.63, 3.8) is 0 Å². The average Bonchev–Trinajstić information content (AvgIpc) is 3.28. The molecule has 1 fully saturated rings. The molecule has 9 heteroatoms. The molecule has 164 valence electrons. The van der Waals surface area contributed by atoms with Gasteiger partial charge in [0.05, 0.1) is 23.4 Å². The Hall–Kier alpha value is -3.04. The Morgan fingerprint density at radius 2 is 1.74 bits per heavy atom. The number of ether oxygens (including phenoxy) is 1. The molecule has 0 amide bonds. The van der Waals surface area contributed by atoms with E-state index >= 15 is 0 Å². The smallest absolute Gasteiger partial charge is 0.262 e. The minimum absolute atomic E-state index is 0.167. The summed E-state index contributed by atoms with van der Waals surface area (Å²) < 4.78 is 35.9. The van der Waals surface area contributed by atoms with Gasteiger partial charge >= 0.3 is 0 Å². The number of benzene rings is 2.